The van der Waals surface area contributed by atoms with Gasteiger partial charge in [0.2, 0.25) is 15.9 Å². The molecule has 1 saturated carbocycles. The van der Waals surface area contributed by atoms with Crippen LogP contribution in [0.5, 0.6) is 5.75 Å². The first kappa shape index (κ1) is 32.4. The van der Waals surface area contributed by atoms with Crippen molar-refractivity contribution in [2.24, 2.45) is 5.92 Å². The number of halogens is 1. The lowest BCUT2D eigenvalue weighted by Gasteiger charge is -2.40. The number of benzene rings is 4. The number of aromatic nitrogens is 1. The molecule has 1 fully saturated rings. The van der Waals surface area contributed by atoms with Crippen LogP contribution in [0.3, 0.4) is 0 Å². The van der Waals surface area contributed by atoms with Crippen LogP contribution in [-0.4, -0.2) is 45.8 Å². The van der Waals surface area contributed by atoms with Crippen molar-refractivity contribution in [3.63, 3.8) is 0 Å². The average molecular weight is 690 g/mol. The van der Waals surface area contributed by atoms with Gasteiger partial charge in [0.1, 0.15) is 34.5 Å². The number of anilines is 1. The Morgan fingerprint density at radius 2 is 1.74 bits per heavy atom. The molecule has 0 aliphatic heterocycles. The lowest BCUT2D eigenvalue weighted by atomic mass is 9.81. The number of sulfonamides is 1. The molecule has 1 amide bonds. The maximum Gasteiger partial charge on any atom is 0.255 e. The molecule has 0 saturated heterocycles. The molecule has 1 aliphatic carbocycles. The van der Waals surface area contributed by atoms with Gasteiger partial charge in [-0.2, -0.15) is 10.5 Å². The van der Waals surface area contributed by atoms with E-state index in [4.69, 9.17) is 13.6 Å². The summed E-state index contributed by atoms with van der Waals surface area (Å²) in [4.78, 5) is 18.0. The van der Waals surface area contributed by atoms with E-state index in [0.29, 0.717) is 62.9 Å². The van der Waals surface area contributed by atoms with E-state index in [2.05, 4.69) is 22.4 Å². The number of hydrogen-bond donors (Lipinski definition) is 1. The number of rotatable bonds is 8. The third kappa shape index (κ3) is 5.47. The zero-order valence-corrected chi connectivity index (χ0v) is 27.8. The second-order valence-electron chi connectivity index (χ2n) is 12.0. The number of carbonyl (C=O) groups is 1. The molecule has 50 heavy (non-hydrogen) atoms. The Morgan fingerprint density at radius 1 is 1.00 bits per heavy atom. The third-order valence-electron chi connectivity index (χ3n) is 8.87. The number of hydrogen-bond acceptors (Lipinski definition) is 9. The standard InChI is InChI=1S/C37H28FN5O6S/c1-41-36(44)33-27-16-26(22-9-12-30(47-2)28(15-22)37-42-34-23(19-40)5-4-6-31(34)49-37)29(43(50(3,45)46)25-13-20(14-25)18-39)17-32(27)48-35(33)21-7-10-24(38)11-8-21/h4-12,15-17,20,25H,13-14H2,1-3H3,(H,41,44). The molecular formula is C37H28FN5O6S. The molecule has 0 spiro atoms. The summed E-state index contributed by atoms with van der Waals surface area (Å²) in [6.07, 6.45) is 1.77. The van der Waals surface area contributed by atoms with Gasteiger partial charge in [0.05, 0.1) is 47.7 Å². The minimum atomic E-state index is -3.92. The number of fused-ring (bicyclic) bond motifs is 2. The smallest absolute Gasteiger partial charge is 0.255 e. The quantitative estimate of drug-likeness (QED) is 0.177. The molecule has 7 rings (SSSR count). The van der Waals surface area contributed by atoms with Crippen molar-refractivity contribution in [1.82, 2.24) is 10.3 Å². The Labute approximate surface area is 286 Å². The third-order valence-corrected chi connectivity index (χ3v) is 10.1. The monoisotopic (exact) mass is 689 g/mol. The summed E-state index contributed by atoms with van der Waals surface area (Å²) in [5.41, 5.74) is 3.61. The largest absolute Gasteiger partial charge is 0.496 e. The molecule has 250 valence electrons. The molecule has 4 aromatic carbocycles. The number of nitrogens with one attached hydrogen (secondary N) is 1. The van der Waals surface area contributed by atoms with E-state index in [1.165, 1.54) is 42.7 Å². The van der Waals surface area contributed by atoms with E-state index in [-0.39, 0.29) is 34.4 Å². The van der Waals surface area contributed by atoms with E-state index in [0.717, 1.165) is 6.26 Å². The number of oxazole rings is 1. The highest BCUT2D eigenvalue weighted by Crippen LogP contribution is 2.46. The Balaban J connectivity index is 1.51. The summed E-state index contributed by atoms with van der Waals surface area (Å²) in [6, 6.07) is 22.8. The van der Waals surface area contributed by atoms with Crippen molar-refractivity contribution in [2.45, 2.75) is 18.9 Å². The average Bonchev–Trinajstić information content (AvgIpc) is 3.70. The topological polar surface area (TPSA) is 162 Å². The van der Waals surface area contributed by atoms with E-state index >= 15 is 0 Å². The molecule has 13 heteroatoms. The van der Waals surface area contributed by atoms with Gasteiger partial charge in [-0.1, -0.05) is 12.1 Å². The van der Waals surface area contributed by atoms with Crippen LogP contribution < -0.4 is 14.4 Å². The molecule has 2 aromatic heterocycles. The summed E-state index contributed by atoms with van der Waals surface area (Å²) in [6.45, 7) is 0. The van der Waals surface area contributed by atoms with Crippen molar-refractivity contribution in [2.75, 3.05) is 24.7 Å². The number of nitrogens with zero attached hydrogens (tertiary/aromatic N) is 4. The molecule has 0 unspecified atom stereocenters. The summed E-state index contributed by atoms with van der Waals surface area (Å²) < 4.78 is 60.3. The van der Waals surface area contributed by atoms with Crippen LogP contribution in [0.15, 0.2) is 81.6 Å². The second kappa shape index (κ2) is 12.4. The van der Waals surface area contributed by atoms with Crippen molar-refractivity contribution in [3.05, 3.63) is 89.7 Å². The number of amides is 1. The predicted molar refractivity (Wildman–Crippen MR) is 184 cm³/mol. The normalized spacial score (nSPS) is 15.6. The van der Waals surface area contributed by atoms with Gasteiger partial charge in [0, 0.05) is 35.7 Å². The fourth-order valence-electron chi connectivity index (χ4n) is 6.43. The molecule has 11 nitrogen and oxygen atoms in total. The first-order valence-electron chi connectivity index (χ1n) is 15.5. The molecule has 0 radical (unpaired) electrons. The highest BCUT2D eigenvalue weighted by atomic mass is 32.2. The minimum Gasteiger partial charge on any atom is -0.496 e. The lowest BCUT2D eigenvalue weighted by molar-refractivity contribution is 0.0964. The zero-order chi connectivity index (χ0) is 35.3. The van der Waals surface area contributed by atoms with Crippen molar-refractivity contribution >= 4 is 43.7 Å². The minimum absolute atomic E-state index is 0.174. The van der Waals surface area contributed by atoms with E-state index < -0.39 is 27.8 Å². The Bertz CT molecular complexity index is 2520. The first-order valence-corrected chi connectivity index (χ1v) is 17.4. The van der Waals surface area contributed by atoms with Crippen LogP contribution in [0.25, 0.3) is 56.0 Å². The van der Waals surface area contributed by atoms with Crippen LogP contribution >= 0.6 is 0 Å². The zero-order valence-electron chi connectivity index (χ0n) is 27.0. The van der Waals surface area contributed by atoms with Gasteiger partial charge in [-0.05, 0) is 73.0 Å². The number of ether oxygens (including phenoxy) is 1. The molecule has 6 aromatic rings. The second-order valence-corrected chi connectivity index (χ2v) is 13.8. The number of furan rings is 1. The summed E-state index contributed by atoms with van der Waals surface area (Å²) in [5.74, 6) is -0.466. The Hall–Kier alpha value is -6.18. The van der Waals surface area contributed by atoms with Crippen molar-refractivity contribution in [1.29, 1.82) is 10.5 Å². The molecule has 0 bridgehead atoms. The van der Waals surface area contributed by atoms with Gasteiger partial charge in [0.15, 0.2) is 5.58 Å². The number of para-hydroxylation sites is 1. The lowest BCUT2D eigenvalue weighted by Crippen LogP contribution is -2.47. The summed E-state index contributed by atoms with van der Waals surface area (Å²) in [7, 11) is -0.946. The van der Waals surface area contributed by atoms with Crippen molar-refractivity contribution in [3.8, 4) is 51.8 Å². The van der Waals surface area contributed by atoms with Crippen LogP contribution in [-0.2, 0) is 10.0 Å². The SMILES string of the molecule is CNC(=O)c1c(-c2ccc(F)cc2)oc2cc(N(C3CC(C#N)C3)S(C)(=O)=O)c(-c3ccc(OC)c(-c4nc5c(C#N)cccc5o4)c3)cc12. The predicted octanol–water partition coefficient (Wildman–Crippen LogP) is 7.02. The molecule has 1 N–H and O–H groups in total. The maximum atomic E-state index is 13.9. The van der Waals surface area contributed by atoms with Crippen LogP contribution in [0.2, 0.25) is 0 Å². The van der Waals surface area contributed by atoms with Crippen molar-refractivity contribution < 1.29 is 31.2 Å². The molecular weight excluding hydrogens is 662 g/mol. The van der Waals surface area contributed by atoms with Gasteiger partial charge in [0.25, 0.3) is 5.91 Å². The molecule has 1 aliphatic rings. The summed E-state index contributed by atoms with van der Waals surface area (Å²) >= 11 is 0. The van der Waals surface area contributed by atoms with Crippen LogP contribution in [0.1, 0.15) is 28.8 Å². The molecule has 2 heterocycles. The van der Waals surface area contributed by atoms with Crippen LogP contribution in [0.4, 0.5) is 10.1 Å². The fourth-order valence-corrected chi connectivity index (χ4v) is 7.65. The summed E-state index contributed by atoms with van der Waals surface area (Å²) in [5, 5.41) is 22.2. The van der Waals surface area contributed by atoms with Gasteiger partial charge in [-0.25, -0.2) is 17.8 Å². The fraction of sp³-hybridized carbons (Fsp3) is 0.189. The number of nitriles is 2. The first-order chi connectivity index (χ1) is 24.0. The van der Waals surface area contributed by atoms with Gasteiger partial charge in [-0.15, -0.1) is 0 Å². The van der Waals surface area contributed by atoms with Crippen LogP contribution in [0, 0.1) is 34.4 Å². The number of methoxy groups -OCH3 is 1. The highest BCUT2D eigenvalue weighted by Gasteiger charge is 2.40. The van der Waals surface area contributed by atoms with Gasteiger partial charge < -0.3 is 18.9 Å². The maximum absolute atomic E-state index is 13.9. The van der Waals surface area contributed by atoms with Gasteiger partial charge in [-0.3, -0.25) is 9.10 Å². The van der Waals surface area contributed by atoms with E-state index in [1.807, 2.05) is 0 Å². The highest BCUT2D eigenvalue weighted by molar-refractivity contribution is 7.92. The van der Waals surface area contributed by atoms with E-state index in [9.17, 15) is 28.1 Å². The Morgan fingerprint density at radius 3 is 2.40 bits per heavy atom. The molecule has 0 atom stereocenters. The van der Waals surface area contributed by atoms with E-state index in [1.54, 1.807) is 48.5 Å². The Kier molecular flexibility index (Phi) is 8.01. The van der Waals surface area contributed by atoms with Gasteiger partial charge >= 0.3 is 0 Å². The number of carbonyl (C=O) groups excluding carboxylic acids is 1.